The van der Waals surface area contributed by atoms with E-state index in [0.717, 1.165) is 24.6 Å². The van der Waals surface area contributed by atoms with Gasteiger partial charge in [-0.25, -0.2) is 4.98 Å². The summed E-state index contributed by atoms with van der Waals surface area (Å²) in [5.41, 5.74) is 0. The molecule has 1 aromatic rings. The number of rotatable bonds is 3. The van der Waals surface area contributed by atoms with E-state index in [2.05, 4.69) is 10.3 Å². The lowest BCUT2D eigenvalue weighted by Gasteiger charge is -2.18. The molecule has 2 aliphatic rings. The lowest BCUT2D eigenvalue weighted by atomic mass is 9.88. The van der Waals surface area contributed by atoms with Crippen molar-refractivity contribution in [3.05, 3.63) is 17.8 Å². The first kappa shape index (κ1) is 11.3. The molecule has 3 nitrogen and oxygen atoms in total. The van der Waals surface area contributed by atoms with Gasteiger partial charge in [-0.05, 0) is 32.2 Å². The molecule has 1 aliphatic heterocycles. The Labute approximate surface area is 103 Å². The number of hydrogen-bond acceptors (Lipinski definition) is 3. The van der Waals surface area contributed by atoms with E-state index in [1.54, 1.807) is 0 Å². The molecule has 0 amide bonds. The van der Waals surface area contributed by atoms with E-state index in [9.17, 15) is 0 Å². The van der Waals surface area contributed by atoms with Crippen LogP contribution in [0.25, 0.3) is 0 Å². The van der Waals surface area contributed by atoms with Crippen LogP contribution in [-0.4, -0.2) is 17.6 Å². The fourth-order valence-corrected chi connectivity index (χ4v) is 3.14. The van der Waals surface area contributed by atoms with Crippen LogP contribution in [0.2, 0.25) is 0 Å². The molecule has 17 heavy (non-hydrogen) atoms. The van der Waals surface area contributed by atoms with Gasteiger partial charge in [0.05, 0.1) is 6.20 Å². The van der Waals surface area contributed by atoms with Crippen molar-refractivity contribution >= 4 is 0 Å². The lowest BCUT2D eigenvalue weighted by molar-refractivity contribution is 0.353. The summed E-state index contributed by atoms with van der Waals surface area (Å²) < 4.78 is 5.93. The summed E-state index contributed by atoms with van der Waals surface area (Å²) in [6.07, 6.45) is 12.2. The average molecular weight is 234 g/mol. The Kier molecular flexibility index (Phi) is 3.46. The van der Waals surface area contributed by atoms with Gasteiger partial charge in [0.1, 0.15) is 5.76 Å². The molecule has 2 heterocycles. The van der Waals surface area contributed by atoms with E-state index in [1.165, 1.54) is 44.9 Å². The summed E-state index contributed by atoms with van der Waals surface area (Å²) >= 11 is 0. The SMILES string of the molecule is c1nc(CC2CCCN2)oc1C1CCCCC1. The van der Waals surface area contributed by atoms with Gasteiger partial charge in [-0.2, -0.15) is 0 Å². The average Bonchev–Trinajstić information content (AvgIpc) is 3.02. The van der Waals surface area contributed by atoms with Crippen LogP contribution >= 0.6 is 0 Å². The molecule has 3 heteroatoms. The molecule has 1 atom stereocenters. The molecule has 1 N–H and O–H groups in total. The van der Waals surface area contributed by atoms with Crippen molar-refractivity contribution in [1.82, 2.24) is 10.3 Å². The normalized spacial score (nSPS) is 26.5. The molecule has 1 aliphatic carbocycles. The first-order chi connectivity index (χ1) is 8.42. The first-order valence-electron chi connectivity index (χ1n) is 7.10. The van der Waals surface area contributed by atoms with Gasteiger partial charge in [-0.1, -0.05) is 19.3 Å². The van der Waals surface area contributed by atoms with E-state index < -0.39 is 0 Å². The maximum atomic E-state index is 5.93. The predicted molar refractivity (Wildman–Crippen MR) is 67.1 cm³/mol. The van der Waals surface area contributed by atoms with Crippen LogP contribution in [0.4, 0.5) is 0 Å². The van der Waals surface area contributed by atoms with Crippen LogP contribution < -0.4 is 5.32 Å². The maximum Gasteiger partial charge on any atom is 0.195 e. The minimum atomic E-state index is 0.591. The van der Waals surface area contributed by atoms with Crippen molar-refractivity contribution in [3.8, 4) is 0 Å². The number of nitrogens with one attached hydrogen (secondary N) is 1. The van der Waals surface area contributed by atoms with Gasteiger partial charge < -0.3 is 9.73 Å². The van der Waals surface area contributed by atoms with Crippen molar-refractivity contribution in [3.63, 3.8) is 0 Å². The van der Waals surface area contributed by atoms with Gasteiger partial charge >= 0.3 is 0 Å². The Bertz CT molecular complexity index is 349. The third kappa shape index (κ3) is 2.71. The van der Waals surface area contributed by atoms with Gasteiger partial charge in [0.25, 0.3) is 0 Å². The maximum absolute atomic E-state index is 5.93. The summed E-state index contributed by atoms with van der Waals surface area (Å²) in [7, 11) is 0. The zero-order valence-electron chi connectivity index (χ0n) is 10.5. The van der Waals surface area contributed by atoms with Crippen molar-refractivity contribution in [2.45, 2.75) is 63.3 Å². The minimum Gasteiger partial charge on any atom is -0.445 e. The first-order valence-corrected chi connectivity index (χ1v) is 7.10. The third-order valence-electron chi connectivity index (χ3n) is 4.16. The fourth-order valence-electron chi connectivity index (χ4n) is 3.14. The second-order valence-corrected chi connectivity index (χ2v) is 5.49. The van der Waals surface area contributed by atoms with Gasteiger partial charge in [-0.3, -0.25) is 0 Å². The van der Waals surface area contributed by atoms with Crippen molar-refractivity contribution in [2.75, 3.05) is 6.54 Å². The quantitative estimate of drug-likeness (QED) is 0.873. The fraction of sp³-hybridized carbons (Fsp3) is 0.786. The Morgan fingerprint density at radius 3 is 2.82 bits per heavy atom. The Morgan fingerprint density at radius 1 is 1.18 bits per heavy atom. The zero-order valence-corrected chi connectivity index (χ0v) is 10.5. The van der Waals surface area contributed by atoms with Crippen LogP contribution in [0.15, 0.2) is 10.6 Å². The Hall–Kier alpha value is -0.830. The topological polar surface area (TPSA) is 38.1 Å². The molecule has 1 unspecified atom stereocenters. The van der Waals surface area contributed by atoms with Crippen LogP contribution in [0.3, 0.4) is 0 Å². The standard InChI is InChI=1S/C14H22N2O/c1-2-5-11(6-3-1)13-10-16-14(17-13)9-12-7-4-8-15-12/h10-12,15H,1-9H2. The molecule has 94 valence electrons. The smallest absolute Gasteiger partial charge is 0.195 e. The van der Waals surface area contributed by atoms with E-state index in [0.29, 0.717) is 12.0 Å². The van der Waals surface area contributed by atoms with Crippen LogP contribution in [0.1, 0.15) is 62.5 Å². The highest BCUT2D eigenvalue weighted by Crippen LogP contribution is 2.33. The van der Waals surface area contributed by atoms with Gasteiger partial charge in [0, 0.05) is 18.4 Å². The summed E-state index contributed by atoms with van der Waals surface area (Å²) in [5, 5.41) is 3.49. The number of hydrogen-bond donors (Lipinski definition) is 1. The van der Waals surface area contributed by atoms with Crippen LogP contribution in [0.5, 0.6) is 0 Å². The molecule has 0 spiro atoms. The molecule has 0 radical (unpaired) electrons. The summed E-state index contributed by atoms with van der Waals surface area (Å²) in [5.74, 6) is 2.71. The molecule has 0 bridgehead atoms. The summed E-state index contributed by atoms with van der Waals surface area (Å²) in [4.78, 5) is 4.45. The molecule has 3 rings (SSSR count). The predicted octanol–water partition coefficient (Wildman–Crippen LogP) is 3.02. The second kappa shape index (κ2) is 5.21. The lowest BCUT2D eigenvalue weighted by Crippen LogP contribution is -2.23. The van der Waals surface area contributed by atoms with Crippen LogP contribution in [0, 0.1) is 0 Å². The molecule has 1 saturated heterocycles. The highest BCUT2D eigenvalue weighted by Gasteiger charge is 2.21. The Morgan fingerprint density at radius 2 is 2.06 bits per heavy atom. The van der Waals surface area contributed by atoms with E-state index in [4.69, 9.17) is 4.42 Å². The molecular weight excluding hydrogens is 212 g/mol. The second-order valence-electron chi connectivity index (χ2n) is 5.49. The summed E-state index contributed by atoms with van der Waals surface area (Å²) in [6, 6.07) is 0.591. The minimum absolute atomic E-state index is 0.591. The molecule has 2 fully saturated rings. The van der Waals surface area contributed by atoms with Crippen molar-refractivity contribution < 1.29 is 4.42 Å². The molecular formula is C14H22N2O. The highest BCUT2D eigenvalue weighted by atomic mass is 16.4. The van der Waals surface area contributed by atoms with Crippen LogP contribution in [-0.2, 0) is 6.42 Å². The summed E-state index contributed by atoms with van der Waals surface area (Å²) in [6.45, 7) is 1.15. The van der Waals surface area contributed by atoms with Gasteiger partial charge in [0.2, 0.25) is 0 Å². The van der Waals surface area contributed by atoms with E-state index in [-0.39, 0.29) is 0 Å². The third-order valence-corrected chi connectivity index (χ3v) is 4.16. The number of nitrogens with zero attached hydrogens (tertiary/aromatic N) is 1. The largest absolute Gasteiger partial charge is 0.445 e. The number of aromatic nitrogens is 1. The monoisotopic (exact) mass is 234 g/mol. The zero-order chi connectivity index (χ0) is 11.5. The van der Waals surface area contributed by atoms with Gasteiger partial charge in [0.15, 0.2) is 5.89 Å². The van der Waals surface area contributed by atoms with Gasteiger partial charge in [-0.15, -0.1) is 0 Å². The highest BCUT2D eigenvalue weighted by molar-refractivity contribution is 5.04. The van der Waals surface area contributed by atoms with E-state index in [1.807, 2.05) is 6.20 Å². The molecule has 0 aromatic carbocycles. The van der Waals surface area contributed by atoms with Crippen molar-refractivity contribution in [2.24, 2.45) is 0 Å². The van der Waals surface area contributed by atoms with Crippen molar-refractivity contribution in [1.29, 1.82) is 0 Å². The molecule has 1 aromatic heterocycles. The number of oxazole rings is 1. The van der Waals surface area contributed by atoms with E-state index >= 15 is 0 Å². The Balaban J connectivity index is 1.60. The molecule has 1 saturated carbocycles.